The van der Waals surface area contributed by atoms with E-state index in [-0.39, 0.29) is 6.10 Å². The first-order chi connectivity index (χ1) is 7.76. The number of hydrogen-bond acceptors (Lipinski definition) is 1. The number of aliphatic hydroxyl groups is 1. The first-order valence-electron chi connectivity index (χ1n) is 6.48. The molecule has 0 saturated carbocycles. The molecule has 16 heavy (non-hydrogen) atoms. The van der Waals surface area contributed by atoms with Gasteiger partial charge in [-0.3, -0.25) is 0 Å². The maximum absolute atomic E-state index is 9.94. The summed E-state index contributed by atoms with van der Waals surface area (Å²) in [7, 11) is 0. The second kappa shape index (κ2) is 7.45. The molecule has 0 aromatic heterocycles. The second-order valence-corrected chi connectivity index (χ2v) is 4.60. The second-order valence-electron chi connectivity index (χ2n) is 4.60. The number of hydrogen-bond donors (Lipinski definition) is 1. The Morgan fingerprint density at radius 1 is 1.06 bits per heavy atom. The van der Waals surface area contributed by atoms with Crippen LogP contribution in [0.3, 0.4) is 0 Å². The average molecular weight is 220 g/mol. The van der Waals surface area contributed by atoms with E-state index >= 15 is 0 Å². The highest BCUT2D eigenvalue weighted by Crippen LogP contribution is 2.17. The van der Waals surface area contributed by atoms with Crippen LogP contribution in [0.2, 0.25) is 0 Å². The Morgan fingerprint density at radius 3 is 2.25 bits per heavy atom. The van der Waals surface area contributed by atoms with Gasteiger partial charge in [0.15, 0.2) is 0 Å². The molecule has 0 aliphatic rings. The lowest BCUT2D eigenvalue weighted by atomic mass is 9.93. The quantitative estimate of drug-likeness (QED) is 0.741. The third-order valence-corrected chi connectivity index (χ3v) is 3.37. The number of aryl methyl sites for hydroxylation is 1. The molecule has 1 N–H and O–H groups in total. The lowest BCUT2D eigenvalue weighted by Gasteiger charge is -2.17. The predicted molar refractivity (Wildman–Crippen MR) is 69.5 cm³/mol. The Labute approximate surface area is 99.5 Å². The number of benzene rings is 1. The largest absolute Gasteiger partial charge is 0.393 e. The zero-order chi connectivity index (χ0) is 11.8. The third kappa shape index (κ3) is 4.80. The summed E-state index contributed by atoms with van der Waals surface area (Å²) in [6, 6.07) is 10.4. The Bertz CT molecular complexity index is 264. The molecule has 0 heterocycles. The van der Waals surface area contributed by atoms with Gasteiger partial charge in [0.05, 0.1) is 6.10 Å². The van der Waals surface area contributed by atoms with E-state index in [4.69, 9.17) is 0 Å². The highest BCUT2D eigenvalue weighted by atomic mass is 16.3. The fraction of sp³-hybridized carbons (Fsp3) is 0.600. The average Bonchev–Trinajstić information content (AvgIpc) is 2.34. The minimum absolute atomic E-state index is 0.134. The minimum Gasteiger partial charge on any atom is -0.393 e. The molecular weight excluding hydrogens is 196 g/mol. The van der Waals surface area contributed by atoms with Crippen LogP contribution in [0.15, 0.2) is 30.3 Å². The van der Waals surface area contributed by atoms with E-state index in [1.807, 2.05) is 6.07 Å². The van der Waals surface area contributed by atoms with Gasteiger partial charge in [0.25, 0.3) is 0 Å². The van der Waals surface area contributed by atoms with Crippen molar-refractivity contribution < 1.29 is 5.11 Å². The van der Waals surface area contributed by atoms with Crippen LogP contribution in [0.4, 0.5) is 0 Å². The molecule has 1 rings (SSSR count). The number of aliphatic hydroxyl groups excluding tert-OH is 1. The molecule has 1 heteroatoms. The molecule has 0 saturated heterocycles. The fourth-order valence-corrected chi connectivity index (χ4v) is 2.10. The predicted octanol–water partition coefficient (Wildman–Crippen LogP) is 3.81. The van der Waals surface area contributed by atoms with Crippen molar-refractivity contribution in [1.82, 2.24) is 0 Å². The van der Waals surface area contributed by atoms with Gasteiger partial charge in [0, 0.05) is 0 Å². The van der Waals surface area contributed by atoms with E-state index in [9.17, 15) is 5.11 Å². The molecule has 1 aromatic rings. The maximum Gasteiger partial charge on any atom is 0.0546 e. The molecule has 0 amide bonds. The van der Waals surface area contributed by atoms with Gasteiger partial charge in [-0.25, -0.2) is 0 Å². The molecule has 0 spiro atoms. The third-order valence-electron chi connectivity index (χ3n) is 3.37. The Kier molecular flexibility index (Phi) is 6.17. The summed E-state index contributed by atoms with van der Waals surface area (Å²) >= 11 is 0. The summed E-state index contributed by atoms with van der Waals surface area (Å²) in [6.07, 6.45) is 5.06. The molecular formula is C15H24O. The van der Waals surface area contributed by atoms with E-state index in [1.54, 1.807) is 0 Å². The van der Waals surface area contributed by atoms with Crippen LogP contribution in [0.1, 0.15) is 45.1 Å². The van der Waals surface area contributed by atoms with Crippen molar-refractivity contribution in [2.24, 2.45) is 5.92 Å². The monoisotopic (exact) mass is 220 g/mol. The summed E-state index contributed by atoms with van der Waals surface area (Å²) in [5, 5.41) is 9.94. The molecule has 1 unspecified atom stereocenters. The van der Waals surface area contributed by atoms with Crippen molar-refractivity contribution in [1.29, 1.82) is 0 Å². The minimum atomic E-state index is -0.134. The van der Waals surface area contributed by atoms with E-state index in [0.29, 0.717) is 5.92 Å². The fourth-order valence-electron chi connectivity index (χ4n) is 2.10. The molecule has 0 fully saturated rings. The van der Waals surface area contributed by atoms with E-state index in [0.717, 1.165) is 19.3 Å². The lowest BCUT2D eigenvalue weighted by Crippen LogP contribution is -2.13. The zero-order valence-corrected chi connectivity index (χ0v) is 10.5. The first kappa shape index (κ1) is 13.2. The topological polar surface area (TPSA) is 20.2 Å². The summed E-state index contributed by atoms with van der Waals surface area (Å²) < 4.78 is 0. The standard InChI is InChI=1S/C15H24O/c1-3-13(4-2)12-15(16)11-10-14-8-6-5-7-9-14/h5-9,13,15-16H,3-4,10-12H2,1-2H3. The van der Waals surface area contributed by atoms with Crippen LogP contribution in [0, 0.1) is 5.92 Å². The smallest absolute Gasteiger partial charge is 0.0546 e. The van der Waals surface area contributed by atoms with Gasteiger partial charge in [0.1, 0.15) is 0 Å². The van der Waals surface area contributed by atoms with Crippen molar-refractivity contribution in [3.05, 3.63) is 35.9 Å². The summed E-state index contributed by atoms with van der Waals surface area (Å²) in [4.78, 5) is 0. The van der Waals surface area contributed by atoms with Gasteiger partial charge >= 0.3 is 0 Å². The van der Waals surface area contributed by atoms with Gasteiger partial charge in [-0.05, 0) is 30.7 Å². The van der Waals surface area contributed by atoms with Crippen LogP contribution < -0.4 is 0 Å². The van der Waals surface area contributed by atoms with Gasteiger partial charge < -0.3 is 5.11 Å². The molecule has 1 atom stereocenters. The molecule has 0 aliphatic heterocycles. The molecule has 0 radical (unpaired) electrons. The molecule has 1 aromatic carbocycles. The van der Waals surface area contributed by atoms with Crippen molar-refractivity contribution in [2.75, 3.05) is 0 Å². The Balaban J connectivity index is 2.27. The van der Waals surface area contributed by atoms with Gasteiger partial charge in [0.2, 0.25) is 0 Å². The highest BCUT2D eigenvalue weighted by Gasteiger charge is 2.11. The maximum atomic E-state index is 9.94. The van der Waals surface area contributed by atoms with Crippen LogP contribution in [-0.4, -0.2) is 11.2 Å². The van der Waals surface area contributed by atoms with Crippen molar-refractivity contribution in [3.63, 3.8) is 0 Å². The molecule has 1 nitrogen and oxygen atoms in total. The van der Waals surface area contributed by atoms with Crippen LogP contribution >= 0.6 is 0 Å². The van der Waals surface area contributed by atoms with E-state index in [2.05, 4.69) is 38.1 Å². The Hall–Kier alpha value is -0.820. The van der Waals surface area contributed by atoms with Crippen LogP contribution in [0.5, 0.6) is 0 Å². The summed E-state index contributed by atoms with van der Waals surface area (Å²) in [6.45, 7) is 4.41. The molecule has 90 valence electrons. The van der Waals surface area contributed by atoms with E-state index < -0.39 is 0 Å². The first-order valence-corrected chi connectivity index (χ1v) is 6.48. The van der Waals surface area contributed by atoms with Crippen molar-refractivity contribution in [3.8, 4) is 0 Å². The SMILES string of the molecule is CCC(CC)CC(O)CCc1ccccc1. The molecule has 0 bridgehead atoms. The van der Waals surface area contributed by atoms with Crippen molar-refractivity contribution in [2.45, 2.75) is 52.1 Å². The normalized spacial score (nSPS) is 13.0. The van der Waals surface area contributed by atoms with Crippen molar-refractivity contribution >= 4 is 0 Å². The van der Waals surface area contributed by atoms with Gasteiger partial charge in [-0.15, -0.1) is 0 Å². The zero-order valence-electron chi connectivity index (χ0n) is 10.5. The number of rotatable bonds is 7. The highest BCUT2D eigenvalue weighted by molar-refractivity contribution is 5.14. The summed E-state index contributed by atoms with van der Waals surface area (Å²) in [5.41, 5.74) is 1.33. The van der Waals surface area contributed by atoms with Gasteiger partial charge in [-0.1, -0.05) is 57.0 Å². The van der Waals surface area contributed by atoms with E-state index in [1.165, 1.54) is 18.4 Å². The lowest BCUT2D eigenvalue weighted by molar-refractivity contribution is 0.131. The molecule has 0 aliphatic carbocycles. The summed E-state index contributed by atoms with van der Waals surface area (Å²) in [5.74, 6) is 0.686. The van der Waals surface area contributed by atoms with Crippen LogP contribution in [-0.2, 0) is 6.42 Å². The van der Waals surface area contributed by atoms with Crippen LogP contribution in [0.25, 0.3) is 0 Å². The van der Waals surface area contributed by atoms with Gasteiger partial charge in [-0.2, -0.15) is 0 Å². The Morgan fingerprint density at radius 2 is 1.69 bits per heavy atom.